The highest BCUT2D eigenvalue weighted by Crippen LogP contribution is 2.41. The Kier molecular flexibility index (Phi) is 4.30. The van der Waals surface area contributed by atoms with E-state index in [4.69, 9.17) is 0 Å². The van der Waals surface area contributed by atoms with Crippen molar-refractivity contribution in [2.75, 3.05) is 12.3 Å². The molecule has 0 unspecified atom stereocenters. The maximum absolute atomic E-state index is 11.3. The summed E-state index contributed by atoms with van der Waals surface area (Å²) in [6.45, 7) is 5.31. The van der Waals surface area contributed by atoms with Crippen LogP contribution in [0.15, 0.2) is 0 Å². The number of carbonyl (C=O) groups excluding carboxylic acids is 1. The molecule has 1 amide bonds. The van der Waals surface area contributed by atoms with Crippen LogP contribution in [0.3, 0.4) is 0 Å². The van der Waals surface area contributed by atoms with Gasteiger partial charge in [0.05, 0.1) is 0 Å². The topological polar surface area (TPSA) is 29.1 Å². The van der Waals surface area contributed by atoms with Crippen LogP contribution in [0.25, 0.3) is 0 Å². The maximum Gasteiger partial charge on any atom is 0.220 e. The van der Waals surface area contributed by atoms with E-state index < -0.39 is 0 Å². The highest BCUT2D eigenvalue weighted by molar-refractivity contribution is 7.80. The van der Waals surface area contributed by atoms with Crippen molar-refractivity contribution in [3.05, 3.63) is 0 Å². The number of rotatable bonds is 5. The maximum atomic E-state index is 11.3. The Hall–Kier alpha value is -0.180. The van der Waals surface area contributed by atoms with Crippen molar-refractivity contribution in [1.29, 1.82) is 0 Å². The molecule has 0 radical (unpaired) electrons. The molecular weight excluding hydrogens is 194 g/mol. The minimum absolute atomic E-state index is 0.132. The van der Waals surface area contributed by atoms with Crippen molar-refractivity contribution in [1.82, 2.24) is 5.32 Å². The van der Waals surface area contributed by atoms with Crippen molar-refractivity contribution < 1.29 is 4.79 Å². The average Bonchev–Trinajstić information content (AvgIpc) is 1.97. The fourth-order valence-electron chi connectivity index (χ4n) is 1.85. The molecule has 0 saturated heterocycles. The zero-order valence-electron chi connectivity index (χ0n) is 9.18. The molecule has 1 aliphatic rings. The van der Waals surface area contributed by atoms with E-state index >= 15 is 0 Å². The third-order valence-electron chi connectivity index (χ3n) is 3.29. The molecule has 1 fully saturated rings. The summed E-state index contributed by atoms with van der Waals surface area (Å²) in [6, 6.07) is 0. The summed E-state index contributed by atoms with van der Waals surface area (Å²) in [5.74, 6) is 1.57. The molecule has 1 rings (SSSR count). The Morgan fingerprint density at radius 2 is 2.14 bits per heavy atom. The third kappa shape index (κ3) is 3.19. The molecule has 0 aliphatic heterocycles. The van der Waals surface area contributed by atoms with Gasteiger partial charge in [-0.25, -0.2) is 0 Å². The second-order valence-electron chi connectivity index (χ2n) is 4.87. The molecule has 2 nitrogen and oxygen atoms in total. The van der Waals surface area contributed by atoms with Crippen LogP contribution in [0.5, 0.6) is 0 Å². The number of thiol groups is 1. The molecule has 1 N–H and O–H groups in total. The van der Waals surface area contributed by atoms with Crippen molar-refractivity contribution in [2.45, 2.75) is 39.5 Å². The summed E-state index contributed by atoms with van der Waals surface area (Å²) in [6.07, 6.45) is 4.55. The number of amides is 1. The summed E-state index contributed by atoms with van der Waals surface area (Å²) in [5, 5.41) is 2.99. The highest BCUT2D eigenvalue weighted by atomic mass is 32.1. The molecule has 3 heteroatoms. The van der Waals surface area contributed by atoms with Crippen LogP contribution < -0.4 is 5.32 Å². The minimum atomic E-state index is 0.132. The number of carbonyl (C=O) groups is 1. The molecule has 82 valence electrons. The number of hydrogen-bond donors (Lipinski definition) is 2. The largest absolute Gasteiger partial charge is 0.356 e. The van der Waals surface area contributed by atoms with Gasteiger partial charge in [-0.3, -0.25) is 4.79 Å². The Labute approximate surface area is 92.2 Å². The van der Waals surface area contributed by atoms with E-state index in [1.807, 2.05) is 0 Å². The van der Waals surface area contributed by atoms with Crippen molar-refractivity contribution in [3.63, 3.8) is 0 Å². The smallest absolute Gasteiger partial charge is 0.220 e. The van der Waals surface area contributed by atoms with Gasteiger partial charge in [-0.2, -0.15) is 12.6 Å². The lowest BCUT2D eigenvalue weighted by atomic mass is 9.67. The molecule has 1 aliphatic carbocycles. The Morgan fingerprint density at radius 3 is 2.57 bits per heavy atom. The first-order valence-electron chi connectivity index (χ1n) is 5.44. The first-order valence-corrected chi connectivity index (χ1v) is 6.07. The lowest BCUT2D eigenvalue weighted by Gasteiger charge is -2.40. The van der Waals surface area contributed by atoms with Gasteiger partial charge in [0, 0.05) is 13.0 Å². The van der Waals surface area contributed by atoms with Gasteiger partial charge in [0.2, 0.25) is 5.91 Å². The first kappa shape index (κ1) is 11.9. The van der Waals surface area contributed by atoms with E-state index in [1.54, 1.807) is 0 Å². The van der Waals surface area contributed by atoms with Crippen LogP contribution in [0.2, 0.25) is 0 Å². The number of nitrogens with one attached hydrogen (secondary N) is 1. The summed E-state index contributed by atoms with van der Waals surface area (Å²) in [4.78, 5) is 11.3. The normalized spacial score (nSPS) is 17.6. The third-order valence-corrected chi connectivity index (χ3v) is 3.51. The second kappa shape index (κ2) is 5.06. The fraction of sp³-hybridized carbons (Fsp3) is 0.909. The monoisotopic (exact) mass is 215 g/mol. The van der Waals surface area contributed by atoms with E-state index in [1.165, 1.54) is 19.3 Å². The van der Waals surface area contributed by atoms with Crippen molar-refractivity contribution >= 4 is 18.5 Å². The zero-order chi connectivity index (χ0) is 10.6. The Bertz CT molecular complexity index is 199. The predicted octanol–water partition coefficient (Wildman–Crippen LogP) is 2.25. The van der Waals surface area contributed by atoms with Gasteiger partial charge in [-0.1, -0.05) is 20.3 Å². The Balaban J connectivity index is 2.24. The molecule has 0 aromatic rings. The zero-order valence-corrected chi connectivity index (χ0v) is 10.1. The summed E-state index contributed by atoms with van der Waals surface area (Å²) < 4.78 is 0. The molecule has 1 saturated carbocycles. The summed E-state index contributed by atoms with van der Waals surface area (Å²) in [5.41, 5.74) is 0.268. The highest BCUT2D eigenvalue weighted by Gasteiger charge is 2.33. The van der Waals surface area contributed by atoms with Gasteiger partial charge < -0.3 is 5.32 Å². The van der Waals surface area contributed by atoms with E-state index in [0.717, 1.165) is 12.5 Å². The summed E-state index contributed by atoms with van der Waals surface area (Å²) in [7, 11) is 0. The van der Waals surface area contributed by atoms with Crippen LogP contribution in [-0.2, 0) is 4.79 Å². The van der Waals surface area contributed by atoms with E-state index in [2.05, 4.69) is 31.8 Å². The second-order valence-corrected chi connectivity index (χ2v) is 5.31. The van der Waals surface area contributed by atoms with Gasteiger partial charge in [-0.15, -0.1) is 0 Å². The first-order chi connectivity index (χ1) is 6.56. The standard InChI is InChI=1S/C11H21NOS/c1-11(2,9-4-3-5-9)8-12-10(13)6-7-14/h9,14H,3-8H2,1-2H3,(H,12,13). The van der Waals surface area contributed by atoms with E-state index in [9.17, 15) is 4.79 Å². The minimum Gasteiger partial charge on any atom is -0.356 e. The molecule has 0 aromatic heterocycles. The van der Waals surface area contributed by atoms with Crippen LogP contribution >= 0.6 is 12.6 Å². The van der Waals surface area contributed by atoms with Crippen LogP contribution in [0, 0.1) is 11.3 Å². The van der Waals surface area contributed by atoms with Crippen LogP contribution in [-0.4, -0.2) is 18.2 Å². The summed E-state index contributed by atoms with van der Waals surface area (Å²) >= 11 is 4.03. The molecular formula is C11H21NOS. The fourth-order valence-corrected chi connectivity index (χ4v) is 2.05. The molecule has 0 spiro atoms. The Morgan fingerprint density at radius 1 is 1.50 bits per heavy atom. The SMILES string of the molecule is CC(C)(CNC(=O)CCS)C1CCC1. The van der Waals surface area contributed by atoms with Crippen LogP contribution in [0.4, 0.5) is 0 Å². The quantitative estimate of drug-likeness (QED) is 0.677. The predicted molar refractivity (Wildman–Crippen MR) is 62.6 cm³/mol. The average molecular weight is 215 g/mol. The van der Waals surface area contributed by atoms with Gasteiger partial charge in [0.1, 0.15) is 0 Å². The van der Waals surface area contributed by atoms with Gasteiger partial charge in [0.15, 0.2) is 0 Å². The van der Waals surface area contributed by atoms with Crippen molar-refractivity contribution in [2.24, 2.45) is 11.3 Å². The van der Waals surface area contributed by atoms with Gasteiger partial charge in [-0.05, 0) is 29.9 Å². The lowest BCUT2D eigenvalue weighted by molar-refractivity contribution is -0.121. The van der Waals surface area contributed by atoms with Gasteiger partial charge in [0.25, 0.3) is 0 Å². The molecule has 14 heavy (non-hydrogen) atoms. The van der Waals surface area contributed by atoms with Gasteiger partial charge >= 0.3 is 0 Å². The lowest BCUT2D eigenvalue weighted by Crippen LogP contribution is -2.41. The van der Waals surface area contributed by atoms with E-state index in [0.29, 0.717) is 12.2 Å². The molecule has 0 heterocycles. The molecule has 0 atom stereocenters. The number of hydrogen-bond acceptors (Lipinski definition) is 2. The molecule has 0 aromatic carbocycles. The van der Waals surface area contributed by atoms with Crippen molar-refractivity contribution in [3.8, 4) is 0 Å². The van der Waals surface area contributed by atoms with E-state index in [-0.39, 0.29) is 11.3 Å². The van der Waals surface area contributed by atoms with Crippen LogP contribution in [0.1, 0.15) is 39.5 Å². The molecule has 0 bridgehead atoms.